The molecule has 1 heterocycles. The van der Waals surface area contributed by atoms with Gasteiger partial charge in [-0.2, -0.15) is 4.72 Å². The van der Waals surface area contributed by atoms with Gasteiger partial charge in [0.25, 0.3) is 5.91 Å². The largest absolute Gasteiger partial charge is 0.454 e. The molecule has 0 aliphatic carbocycles. The van der Waals surface area contributed by atoms with Gasteiger partial charge < -0.3 is 9.64 Å². The van der Waals surface area contributed by atoms with E-state index in [2.05, 4.69) is 4.72 Å². The van der Waals surface area contributed by atoms with E-state index in [0.29, 0.717) is 12.1 Å². The lowest BCUT2D eigenvalue weighted by Gasteiger charge is -2.20. The number of rotatable bonds is 10. The highest BCUT2D eigenvalue weighted by Gasteiger charge is 2.29. The molecule has 33 heavy (non-hydrogen) atoms. The van der Waals surface area contributed by atoms with Crippen LogP contribution in [0, 0.1) is 5.82 Å². The van der Waals surface area contributed by atoms with E-state index in [-0.39, 0.29) is 6.42 Å². The fourth-order valence-corrected chi connectivity index (χ4v) is 5.03. The molecule has 1 aromatic heterocycles. The van der Waals surface area contributed by atoms with Gasteiger partial charge in [-0.25, -0.2) is 12.8 Å². The van der Waals surface area contributed by atoms with Crippen LogP contribution in [0.5, 0.6) is 0 Å². The van der Waals surface area contributed by atoms with E-state index in [1.807, 2.05) is 17.5 Å². The summed E-state index contributed by atoms with van der Waals surface area (Å²) >= 11 is 1.50. The van der Waals surface area contributed by atoms with Gasteiger partial charge in [-0.15, -0.1) is 11.3 Å². The molecular weight excluding hydrogens is 467 g/mol. The average Bonchev–Trinajstić information content (AvgIpc) is 3.30. The average molecular weight is 491 g/mol. The molecule has 0 fully saturated rings. The Morgan fingerprint density at radius 3 is 2.42 bits per heavy atom. The molecule has 0 bridgehead atoms. The Kier molecular flexibility index (Phi) is 8.32. The summed E-state index contributed by atoms with van der Waals surface area (Å²) in [4.78, 5) is 26.9. The maximum absolute atomic E-state index is 14.1. The summed E-state index contributed by atoms with van der Waals surface area (Å²) in [6, 6.07) is 16.0. The third-order valence-electron chi connectivity index (χ3n) is 4.73. The molecule has 1 amide bonds. The highest BCUT2D eigenvalue weighted by Crippen LogP contribution is 2.16. The molecule has 0 unspecified atom stereocenters. The van der Waals surface area contributed by atoms with Crippen LogP contribution in [-0.2, 0) is 37.3 Å². The molecular formula is C23H23FN2O5S2. The number of hydrogen-bond donors (Lipinski definition) is 1. The molecule has 1 atom stereocenters. The van der Waals surface area contributed by atoms with Crippen LogP contribution < -0.4 is 4.72 Å². The van der Waals surface area contributed by atoms with E-state index in [1.54, 1.807) is 37.4 Å². The second-order valence-electron chi connectivity index (χ2n) is 7.23. The van der Waals surface area contributed by atoms with Crippen molar-refractivity contribution in [1.82, 2.24) is 9.62 Å². The summed E-state index contributed by atoms with van der Waals surface area (Å²) in [5, 5.41) is 1.89. The standard InChI is InChI=1S/C23H23FN2O5S2/c1-26(15-18-10-7-13-32-18)22(27)16-31-23(28)20(14-17-8-3-2-4-9-17)25-33(29,30)21-12-6-5-11-19(21)24/h2-13,20,25H,14-16H2,1H3/t20-/m0/s1. The van der Waals surface area contributed by atoms with Gasteiger partial charge in [0.2, 0.25) is 10.0 Å². The molecule has 2 aromatic carbocycles. The van der Waals surface area contributed by atoms with Gasteiger partial charge in [0.15, 0.2) is 6.61 Å². The smallest absolute Gasteiger partial charge is 0.325 e. The van der Waals surface area contributed by atoms with Crippen LogP contribution in [0.1, 0.15) is 10.4 Å². The Morgan fingerprint density at radius 2 is 1.76 bits per heavy atom. The first-order valence-electron chi connectivity index (χ1n) is 10.00. The fourth-order valence-electron chi connectivity index (χ4n) is 3.00. The van der Waals surface area contributed by atoms with Gasteiger partial charge >= 0.3 is 5.97 Å². The first kappa shape index (κ1) is 24.6. The van der Waals surface area contributed by atoms with Crippen LogP contribution in [0.3, 0.4) is 0 Å². The molecule has 3 rings (SSSR count). The van der Waals surface area contributed by atoms with Crippen molar-refractivity contribution in [3.8, 4) is 0 Å². The third kappa shape index (κ3) is 6.95. The van der Waals surface area contributed by atoms with Gasteiger partial charge in [-0.1, -0.05) is 48.5 Å². The summed E-state index contributed by atoms with van der Waals surface area (Å²) in [5.41, 5.74) is 0.664. The van der Waals surface area contributed by atoms with Crippen molar-refractivity contribution >= 4 is 33.2 Å². The molecule has 0 saturated carbocycles. The number of nitrogens with one attached hydrogen (secondary N) is 1. The molecule has 174 valence electrons. The Balaban J connectivity index is 1.71. The molecule has 0 radical (unpaired) electrons. The summed E-state index contributed by atoms with van der Waals surface area (Å²) in [5.74, 6) is -2.31. The molecule has 1 N–H and O–H groups in total. The Labute approximate surface area is 195 Å². The molecule has 0 aliphatic rings. The van der Waals surface area contributed by atoms with Crippen molar-refractivity contribution in [3.63, 3.8) is 0 Å². The topological polar surface area (TPSA) is 92.8 Å². The van der Waals surface area contributed by atoms with Crippen molar-refractivity contribution in [2.45, 2.75) is 23.9 Å². The lowest BCUT2D eigenvalue weighted by atomic mass is 10.1. The number of amides is 1. The maximum Gasteiger partial charge on any atom is 0.325 e. The summed E-state index contributed by atoms with van der Waals surface area (Å²) in [6.07, 6.45) is -0.0351. The first-order valence-corrected chi connectivity index (χ1v) is 12.4. The normalized spacial score (nSPS) is 12.2. The van der Waals surface area contributed by atoms with Gasteiger partial charge in [0.1, 0.15) is 16.8 Å². The lowest BCUT2D eigenvalue weighted by molar-refractivity contribution is -0.153. The van der Waals surface area contributed by atoms with Gasteiger partial charge in [0, 0.05) is 11.9 Å². The number of benzene rings is 2. The minimum Gasteiger partial charge on any atom is -0.454 e. The number of ether oxygens (including phenoxy) is 1. The fraction of sp³-hybridized carbons (Fsp3) is 0.217. The SMILES string of the molecule is CN(Cc1cccs1)C(=O)COC(=O)[C@H](Cc1ccccc1)NS(=O)(=O)c1ccccc1F. The van der Waals surface area contributed by atoms with Gasteiger partial charge in [-0.05, 0) is 35.6 Å². The number of hydrogen-bond acceptors (Lipinski definition) is 6. The molecule has 7 nitrogen and oxygen atoms in total. The summed E-state index contributed by atoms with van der Waals surface area (Å²) in [7, 11) is -2.78. The van der Waals surface area contributed by atoms with Crippen LogP contribution in [0.25, 0.3) is 0 Å². The number of thiophene rings is 1. The Morgan fingerprint density at radius 1 is 1.06 bits per heavy atom. The molecule has 0 spiro atoms. The number of sulfonamides is 1. The van der Waals surface area contributed by atoms with E-state index in [4.69, 9.17) is 4.74 Å². The van der Waals surface area contributed by atoms with E-state index in [1.165, 1.54) is 28.4 Å². The van der Waals surface area contributed by atoms with Crippen molar-refractivity contribution in [1.29, 1.82) is 0 Å². The maximum atomic E-state index is 14.1. The zero-order valence-electron chi connectivity index (χ0n) is 17.8. The van der Waals surface area contributed by atoms with E-state index in [9.17, 15) is 22.4 Å². The van der Waals surface area contributed by atoms with Gasteiger partial charge in [0.05, 0.1) is 6.54 Å². The first-order chi connectivity index (χ1) is 15.8. The van der Waals surface area contributed by atoms with Crippen molar-refractivity contribution < 1.29 is 27.1 Å². The Bertz CT molecular complexity index is 1180. The van der Waals surface area contributed by atoms with E-state index < -0.39 is 45.3 Å². The minimum absolute atomic E-state index is 0.0351. The molecule has 0 aliphatic heterocycles. The third-order valence-corrected chi connectivity index (χ3v) is 7.09. The second kappa shape index (κ2) is 11.2. The molecule has 3 aromatic rings. The number of carbonyl (C=O) groups excluding carboxylic acids is 2. The summed E-state index contributed by atoms with van der Waals surface area (Å²) < 4.78 is 46.9. The lowest BCUT2D eigenvalue weighted by Crippen LogP contribution is -2.44. The predicted molar refractivity (Wildman–Crippen MR) is 122 cm³/mol. The number of halogens is 1. The Hall–Kier alpha value is -3.08. The molecule has 10 heteroatoms. The quantitative estimate of drug-likeness (QED) is 0.441. The monoisotopic (exact) mass is 490 g/mol. The van der Waals surface area contributed by atoms with Crippen molar-refractivity contribution in [3.05, 3.63) is 88.4 Å². The number of carbonyl (C=O) groups is 2. The van der Waals surface area contributed by atoms with Crippen LogP contribution in [0.15, 0.2) is 77.0 Å². The van der Waals surface area contributed by atoms with Crippen LogP contribution in [-0.4, -0.2) is 44.9 Å². The number of nitrogens with zero attached hydrogens (tertiary/aromatic N) is 1. The van der Waals surface area contributed by atoms with Crippen molar-refractivity contribution in [2.75, 3.05) is 13.7 Å². The molecule has 0 saturated heterocycles. The highest BCUT2D eigenvalue weighted by atomic mass is 32.2. The highest BCUT2D eigenvalue weighted by molar-refractivity contribution is 7.89. The van der Waals surface area contributed by atoms with E-state index >= 15 is 0 Å². The minimum atomic E-state index is -4.36. The predicted octanol–water partition coefficient (Wildman–Crippen LogP) is 2.98. The second-order valence-corrected chi connectivity index (χ2v) is 9.95. The number of esters is 1. The van der Waals surface area contributed by atoms with Crippen LogP contribution in [0.4, 0.5) is 4.39 Å². The zero-order valence-corrected chi connectivity index (χ0v) is 19.4. The zero-order chi connectivity index (χ0) is 23.8. The van der Waals surface area contributed by atoms with E-state index in [0.717, 1.165) is 17.0 Å². The van der Waals surface area contributed by atoms with Crippen molar-refractivity contribution in [2.24, 2.45) is 0 Å². The van der Waals surface area contributed by atoms with Crippen LogP contribution >= 0.6 is 11.3 Å². The number of likely N-dealkylation sites (N-methyl/N-ethyl adjacent to an activating group) is 1. The summed E-state index contributed by atoms with van der Waals surface area (Å²) in [6.45, 7) is -0.186. The van der Waals surface area contributed by atoms with Crippen LogP contribution in [0.2, 0.25) is 0 Å². The van der Waals surface area contributed by atoms with Gasteiger partial charge in [-0.3, -0.25) is 9.59 Å².